The van der Waals surface area contributed by atoms with Crippen LogP contribution >= 0.6 is 0 Å². The summed E-state index contributed by atoms with van der Waals surface area (Å²) in [7, 11) is 3.99. The molecule has 2 rings (SSSR count). The molecule has 0 unspecified atom stereocenters. The maximum Gasteiger partial charge on any atom is 0.272 e. The lowest BCUT2D eigenvalue weighted by Crippen LogP contribution is -2.31. The lowest BCUT2D eigenvalue weighted by Gasteiger charge is -2.18. The van der Waals surface area contributed by atoms with Gasteiger partial charge in [-0.1, -0.05) is 0 Å². The zero-order valence-corrected chi connectivity index (χ0v) is 14.1. The molecule has 0 aliphatic rings. The van der Waals surface area contributed by atoms with Gasteiger partial charge in [0.25, 0.3) is 5.91 Å². The molecule has 1 N–H and O–H groups in total. The molecule has 0 fully saturated rings. The summed E-state index contributed by atoms with van der Waals surface area (Å²) in [5, 5.41) is 3.13. The number of carbonyl (C=O) groups is 1. The first kappa shape index (κ1) is 16.7. The molecular formula is C17H23N5O. The minimum Gasteiger partial charge on any atom is -0.378 e. The topological polar surface area (TPSA) is 61.4 Å². The van der Waals surface area contributed by atoms with Crippen LogP contribution in [0.3, 0.4) is 0 Å². The van der Waals surface area contributed by atoms with Gasteiger partial charge in [0.1, 0.15) is 5.69 Å². The number of aromatic nitrogens is 2. The SMILES string of the molecule is CCN(CC)C(=O)c1ccnc(Nc2ccc(N(C)C)cc2)n1. The second-order valence-corrected chi connectivity index (χ2v) is 5.31. The lowest BCUT2D eigenvalue weighted by atomic mass is 10.2. The van der Waals surface area contributed by atoms with Gasteiger partial charge in [0.05, 0.1) is 0 Å². The molecule has 0 saturated carbocycles. The second-order valence-electron chi connectivity index (χ2n) is 5.31. The summed E-state index contributed by atoms with van der Waals surface area (Å²) in [6.07, 6.45) is 1.60. The van der Waals surface area contributed by atoms with E-state index in [1.807, 2.05) is 57.1 Å². The zero-order valence-electron chi connectivity index (χ0n) is 14.1. The van der Waals surface area contributed by atoms with Gasteiger partial charge in [-0.15, -0.1) is 0 Å². The molecule has 2 aromatic rings. The van der Waals surface area contributed by atoms with Crippen molar-refractivity contribution in [3.8, 4) is 0 Å². The molecule has 23 heavy (non-hydrogen) atoms. The Labute approximate surface area is 137 Å². The molecule has 0 aliphatic carbocycles. The third-order valence-corrected chi connectivity index (χ3v) is 3.57. The number of hydrogen-bond acceptors (Lipinski definition) is 5. The van der Waals surface area contributed by atoms with E-state index in [4.69, 9.17) is 0 Å². The van der Waals surface area contributed by atoms with Crippen LogP contribution < -0.4 is 10.2 Å². The Bertz CT molecular complexity index is 650. The first-order valence-electron chi connectivity index (χ1n) is 7.71. The molecule has 0 aliphatic heterocycles. The lowest BCUT2D eigenvalue weighted by molar-refractivity contribution is 0.0767. The summed E-state index contributed by atoms with van der Waals surface area (Å²) in [5.41, 5.74) is 2.39. The number of rotatable bonds is 6. The van der Waals surface area contributed by atoms with Gasteiger partial charge in [-0.25, -0.2) is 9.97 Å². The molecule has 6 heteroatoms. The van der Waals surface area contributed by atoms with E-state index in [1.54, 1.807) is 17.2 Å². The van der Waals surface area contributed by atoms with E-state index in [2.05, 4.69) is 15.3 Å². The summed E-state index contributed by atoms with van der Waals surface area (Å²) in [5.74, 6) is 0.337. The van der Waals surface area contributed by atoms with Crippen LogP contribution in [0.2, 0.25) is 0 Å². The van der Waals surface area contributed by atoms with Crippen LogP contribution in [0.25, 0.3) is 0 Å². The summed E-state index contributed by atoms with van der Waals surface area (Å²) in [6.45, 7) is 5.23. The fourth-order valence-electron chi connectivity index (χ4n) is 2.18. The molecule has 6 nitrogen and oxygen atoms in total. The van der Waals surface area contributed by atoms with E-state index in [1.165, 1.54) is 0 Å². The molecule has 0 spiro atoms. The van der Waals surface area contributed by atoms with E-state index in [-0.39, 0.29) is 5.91 Å². The maximum atomic E-state index is 12.3. The van der Waals surface area contributed by atoms with Gasteiger partial charge in [0.2, 0.25) is 5.95 Å². The van der Waals surface area contributed by atoms with Gasteiger partial charge in [-0.05, 0) is 44.2 Å². The van der Waals surface area contributed by atoms with Crippen molar-refractivity contribution in [3.05, 3.63) is 42.2 Å². The summed E-state index contributed by atoms with van der Waals surface area (Å²) < 4.78 is 0. The van der Waals surface area contributed by atoms with E-state index in [0.717, 1.165) is 11.4 Å². The molecule has 0 saturated heterocycles. The van der Waals surface area contributed by atoms with Crippen molar-refractivity contribution in [2.75, 3.05) is 37.4 Å². The minimum absolute atomic E-state index is 0.0802. The van der Waals surface area contributed by atoms with Crippen LogP contribution in [0.15, 0.2) is 36.5 Å². The molecular weight excluding hydrogens is 290 g/mol. The molecule has 122 valence electrons. The second kappa shape index (κ2) is 7.58. The Kier molecular flexibility index (Phi) is 5.51. The first-order chi connectivity index (χ1) is 11.0. The quantitative estimate of drug-likeness (QED) is 0.888. The van der Waals surface area contributed by atoms with Crippen LogP contribution in [0.5, 0.6) is 0 Å². The smallest absolute Gasteiger partial charge is 0.272 e. The molecule has 1 amide bonds. The van der Waals surface area contributed by atoms with Crippen molar-refractivity contribution in [2.24, 2.45) is 0 Å². The number of nitrogens with zero attached hydrogens (tertiary/aromatic N) is 4. The molecule has 1 heterocycles. The van der Waals surface area contributed by atoms with Gasteiger partial charge >= 0.3 is 0 Å². The van der Waals surface area contributed by atoms with E-state index in [0.29, 0.717) is 24.7 Å². The fraction of sp³-hybridized carbons (Fsp3) is 0.353. The summed E-state index contributed by atoms with van der Waals surface area (Å²) in [4.78, 5) is 24.6. The standard InChI is InChI=1S/C17H23N5O/c1-5-22(6-2)16(23)15-11-12-18-17(20-15)19-13-7-9-14(10-8-13)21(3)4/h7-12H,5-6H2,1-4H3,(H,18,19,20). The average Bonchev–Trinajstić information content (AvgIpc) is 2.56. The Balaban J connectivity index is 2.15. The van der Waals surface area contributed by atoms with Crippen molar-refractivity contribution in [1.29, 1.82) is 0 Å². The Morgan fingerprint density at radius 3 is 2.30 bits per heavy atom. The highest BCUT2D eigenvalue weighted by atomic mass is 16.2. The van der Waals surface area contributed by atoms with Crippen molar-refractivity contribution >= 4 is 23.2 Å². The molecule has 1 aromatic heterocycles. The predicted molar refractivity (Wildman–Crippen MR) is 93.3 cm³/mol. The highest BCUT2D eigenvalue weighted by molar-refractivity contribution is 5.92. The van der Waals surface area contributed by atoms with Gasteiger partial charge < -0.3 is 15.1 Å². The number of hydrogen-bond donors (Lipinski definition) is 1. The molecule has 1 aromatic carbocycles. The van der Waals surface area contributed by atoms with Crippen molar-refractivity contribution in [1.82, 2.24) is 14.9 Å². The van der Waals surface area contributed by atoms with Gasteiger partial charge in [0.15, 0.2) is 0 Å². The third-order valence-electron chi connectivity index (χ3n) is 3.57. The summed E-state index contributed by atoms with van der Waals surface area (Å²) in [6, 6.07) is 9.57. The number of carbonyl (C=O) groups excluding carboxylic acids is 1. The molecule has 0 bridgehead atoms. The van der Waals surface area contributed by atoms with Crippen molar-refractivity contribution in [2.45, 2.75) is 13.8 Å². The highest BCUT2D eigenvalue weighted by Crippen LogP contribution is 2.18. The molecule has 0 atom stereocenters. The molecule has 0 radical (unpaired) electrons. The van der Waals surface area contributed by atoms with Crippen molar-refractivity contribution < 1.29 is 4.79 Å². The normalized spacial score (nSPS) is 10.3. The largest absolute Gasteiger partial charge is 0.378 e. The number of amides is 1. The highest BCUT2D eigenvalue weighted by Gasteiger charge is 2.14. The first-order valence-corrected chi connectivity index (χ1v) is 7.71. The Morgan fingerprint density at radius 2 is 1.74 bits per heavy atom. The maximum absolute atomic E-state index is 12.3. The van der Waals surface area contributed by atoms with Crippen LogP contribution in [0.4, 0.5) is 17.3 Å². The number of nitrogens with one attached hydrogen (secondary N) is 1. The van der Waals surface area contributed by atoms with Gasteiger partial charge in [0, 0.05) is 44.8 Å². The van der Waals surface area contributed by atoms with E-state index >= 15 is 0 Å². The zero-order chi connectivity index (χ0) is 16.8. The average molecular weight is 313 g/mol. The van der Waals surface area contributed by atoms with Crippen LogP contribution in [-0.4, -0.2) is 48.0 Å². The number of anilines is 3. The van der Waals surface area contributed by atoms with E-state index in [9.17, 15) is 4.79 Å². The summed E-state index contributed by atoms with van der Waals surface area (Å²) >= 11 is 0. The number of benzene rings is 1. The predicted octanol–water partition coefficient (Wildman–Crippen LogP) is 2.77. The minimum atomic E-state index is -0.0802. The van der Waals surface area contributed by atoms with Crippen LogP contribution in [-0.2, 0) is 0 Å². The Hall–Kier alpha value is -2.63. The Morgan fingerprint density at radius 1 is 1.09 bits per heavy atom. The van der Waals surface area contributed by atoms with E-state index < -0.39 is 0 Å². The van der Waals surface area contributed by atoms with Gasteiger partial charge in [-0.2, -0.15) is 0 Å². The van der Waals surface area contributed by atoms with Crippen LogP contribution in [0, 0.1) is 0 Å². The monoisotopic (exact) mass is 313 g/mol. The van der Waals surface area contributed by atoms with Gasteiger partial charge in [-0.3, -0.25) is 4.79 Å². The van der Waals surface area contributed by atoms with Crippen LogP contribution in [0.1, 0.15) is 24.3 Å². The third kappa shape index (κ3) is 4.18. The van der Waals surface area contributed by atoms with Crippen molar-refractivity contribution in [3.63, 3.8) is 0 Å². The fourth-order valence-corrected chi connectivity index (χ4v) is 2.18.